The molecule has 4 rings (SSSR count). The van der Waals surface area contributed by atoms with E-state index >= 15 is 0 Å². The molecule has 0 saturated heterocycles. The Morgan fingerprint density at radius 2 is 1.91 bits per heavy atom. The van der Waals surface area contributed by atoms with Crippen LogP contribution in [-0.4, -0.2) is 41.5 Å². The highest BCUT2D eigenvalue weighted by atomic mass is 16.5. The van der Waals surface area contributed by atoms with Gasteiger partial charge >= 0.3 is 0 Å². The number of H-pyrrole nitrogens is 1. The van der Waals surface area contributed by atoms with E-state index in [9.17, 15) is 10.1 Å². The van der Waals surface area contributed by atoms with Gasteiger partial charge in [0.1, 0.15) is 0 Å². The molecule has 8 nitrogen and oxygen atoms in total. The summed E-state index contributed by atoms with van der Waals surface area (Å²) in [6.45, 7) is 3.54. The molecule has 0 saturated carbocycles. The summed E-state index contributed by atoms with van der Waals surface area (Å²) in [5.74, 6) is 0.973. The number of hydrogen-bond donors (Lipinski definition) is 2. The van der Waals surface area contributed by atoms with Crippen molar-refractivity contribution in [1.82, 2.24) is 20.3 Å². The number of rotatable bonds is 8. The van der Waals surface area contributed by atoms with E-state index in [0.29, 0.717) is 45.8 Å². The molecule has 0 aliphatic carbocycles. The first-order chi connectivity index (χ1) is 16.1. The van der Waals surface area contributed by atoms with Crippen molar-refractivity contribution in [2.45, 2.75) is 13.5 Å². The van der Waals surface area contributed by atoms with Crippen LogP contribution in [0.25, 0.3) is 22.2 Å². The van der Waals surface area contributed by atoms with Crippen molar-refractivity contribution < 1.29 is 14.3 Å². The highest BCUT2D eigenvalue weighted by molar-refractivity contribution is 6.08. The molecule has 0 bridgehead atoms. The summed E-state index contributed by atoms with van der Waals surface area (Å²) in [7, 11) is 3.09. The standard InChI is InChI=1S/C25H23N5O3/c1-4-27-12-15-7-18(14-28-13-15)19-8-16(5-6-17(19)11-26)24(31)25-29-20-9-22(32-2)23(33-3)10-21(20)30-25/h5-10,13-14,27H,4,12H2,1-3H3,(H,29,30). The summed E-state index contributed by atoms with van der Waals surface area (Å²) in [5.41, 5.74) is 4.54. The second kappa shape index (κ2) is 9.51. The summed E-state index contributed by atoms with van der Waals surface area (Å²) in [5, 5.41) is 12.9. The molecule has 0 aliphatic heterocycles. The number of methoxy groups -OCH3 is 2. The number of nitrogens with zero attached hydrogens (tertiary/aromatic N) is 3. The SMILES string of the molecule is CCNCc1cncc(-c2cc(C(=O)c3nc4cc(OC)c(OC)cc4[nH]3)ccc2C#N)c1. The van der Waals surface area contributed by atoms with E-state index in [1.807, 2.05) is 13.0 Å². The van der Waals surface area contributed by atoms with Crippen molar-refractivity contribution in [3.05, 3.63) is 71.3 Å². The van der Waals surface area contributed by atoms with Crippen LogP contribution in [-0.2, 0) is 6.54 Å². The Kier molecular flexibility index (Phi) is 6.33. The van der Waals surface area contributed by atoms with E-state index in [1.165, 1.54) is 0 Å². The molecule has 0 amide bonds. The number of nitriles is 1. The number of ketones is 1. The van der Waals surface area contributed by atoms with Crippen LogP contribution in [0.2, 0.25) is 0 Å². The molecule has 0 unspecified atom stereocenters. The van der Waals surface area contributed by atoms with Crippen LogP contribution in [0.1, 0.15) is 34.2 Å². The summed E-state index contributed by atoms with van der Waals surface area (Å²) in [6, 6.07) is 12.6. The van der Waals surface area contributed by atoms with Crippen molar-refractivity contribution >= 4 is 16.8 Å². The Hall–Kier alpha value is -4.22. The second-order valence-corrected chi connectivity index (χ2v) is 7.37. The van der Waals surface area contributed by atoms with Crippen molar-refractivity contribution in [2.75, 3.05) is 20.8 Å². The topological polar surface area (TPSA) is 113 Å². The summed E-state index contributed by atoms with van der Waals surface area (Å²) < 4.78 is 10.6. The van der Waals surface area contributed by atoms with E-state index in [1.54, 1.807) is 56.9 Å². The molecule has 0 fully saturated rings. The van der Waals surface area contributed by atoms with Gasteiger partial charge in [-0.1, -0.05) is 6.92 Å². The second-order valence-electron chi connectivity index (χ2n) is 7.37. The van der Waals surface area contributed by atoms with Crippen LogP contribution >= 0.6 is 0 Å². The van der Waals surface area contributed by atoms with Gasteiger partial charge in [0, 0.05) is 47.8 Å². The molecule has 8 heteroatoms. The number of aromatic amines is 1. The van der Waals surface area contributed by atoms with Gasteiger partial charge in [0.05, 0.1) is 36.9 Å². The lowest BCUT2D eigenvalue weighted by molar-refractivity contribution is 0.103. The summed E-state index contributed by atoms with van der Waals surface area (Å²) >= 11 is 0. The minimum Gasteiger partial charge on any atom is -0.493 e. The Balaban J connectivity index is 1.73. The molecular formula is C25H23N5O3. The first-order valence-corrected chi connectivity index (χ1v) is 10.4. The smallest absolute Gasteiger partial charge is 0.228 e. The zero-order valence-corrected chi connectivity index (χ0v) is 18.6. The van der Waals surface area contributed by atoms with Crippen molar-refractivity contribution in [1.29, 1.82) is 5.26 Å². The minimum atomic E-state index is -0.286. The number of imidazole rings is 1. The van der Waals surface area contributed by atoms with Crippen LogP contribution in [0.5, 0.6) is 11.5 Å². The van der Waals surface area contributed by atoms with E-state index in [2.05, 4.69) is 26.3 Å². The zero-order chi connectivity index (χ0) is 23.4. The molecule has 0 spiro atoms. The average molecular weight is 441 g/mol. The normalized spacial score (nSPS) is 10.7. The first-order valence-electron chi connectivity index (χ1n) is 10.4. The van der Waals surface area contributed by atoms with E-state index in [4.69, 9.17) is 9.47 Å². The van der Waals surface area contributed by atoms with Gasteiger partial charge in [-0.2, -0.15) is 5.26 Å². The van der Waals surface area contributed by atoms with Gasteiger partial charge in [0.25, 0.3) is 0 Å². The molecule has 2 N–H and O–H groups in total. The monoisotopic (exact) mass is 441 g/mol. The Bertz CT molecular complexity index is 1330. The van der Waals surface area contributed by atoms with Crippen molar-refractivity contribution in [3.8, 4) is 28.7 Å². The molecule has 0 atom stereocenters. The highest BCUT2D eigenvalue weighted by Crippen LogP contribution is 2.32. The van der Waals surface area contributed by atoms with Gasteiger partial charge in [-0.3, -0.25) is 9.78 Å². The fourth-order valence-electron chi connectivity index (χ4n) is 3.60. The van der Waals surface area contributed by atoms with Crippen LogP contribution in [0, 0.1) is 11.3 Å². The molecule has 2 aromatic carbocycles. The molecule has 0 radical (unpaired) electrons. The number of nitrogens with one attached hydrogen (secondary N) is 2. The maximum Gasteiger partial charge on any atom is 0.228 e. The number of carbonyl (C=O) groups is 1. The summed E-state index contributed by atoms with van der Waals surface area (Å²) in [4.78, 5) is 25.1. The first kappa shape index (κ1) is 22.0. The Morgan fingerprint density at radius 1 is 1.12 bits per heavy atom. The Labute approximate surface area is 191 Å². The molecule has 33 heavy (non-hydrogen) atoms. The molecule has 4 aromatic rings. The number of hydrogen-bond acceptors (Lipinski definition) is 7. The minimum absolute atomic E-state index is 0.190. The number of aromatic nitrogens is 3. The van der Waals surface area contributed by atoms with Crippen LogP contribution in [0.15, 0.2) is 48.8 Å². The van der Waals surface area contributed by atoms with Crippen LogP contribution in [0.4, 0.5) is 0 Å². The quantitative estimate of drug-likeness (QED) is 0.399. The molecule has 0 aliphatic rings. The number of ether oxygens (including phenoxy) is 2. The zero-order valence-electron chi connectivity index (χ0n) is 18.6. The fourth-order valence-corrected chi connectivity index (χ4v) is 3.60. The lowest BCUT2D eigenvalue weighted by Crippen LogP contribution is -2.11. The molecule has 166 valence electrons. The van der Waals surface area contributed by atoms with Gasteiger partial charge in [-0.05, 0) is 36.4 Å². The predicted octanol–water partition coefficient (Wildman–Crippen LogP) is 3.85. The highest BCUT2D eigenvalue weighted by Gasteiger charge is 2.18. The molecular weight excluding hydrogens is 418 g/mol. The van der Waals surface area contributed by atoms with Crippen molar-refractivity contribution in [2.24, 2.45) is 0 Å². The third kappa shape index (κ3) is 4.40. The van der Waals surface area contributed by atoms with E-state index in [-0.39, 0.29) is 11.6 Å². The number of fused-ring (bicyclic) bond motifs is 1. The summed E-state index contributed by atoms with van der Waals surface area (Å²) in [6.07, 6.45) is 3.48. The lowest BCUT2D eigenvalue weighted by Gasteiger charge is -2.09. The van der Waals surface area contributed by atoms with E-state index < -0.39 is 0 Å². The van der Waals surface area contributed by atoms with Crippen LogP contribution < -0.4 is 14.8 Å². The van der Waals surface area contributed by atoms with Crippen molar-refractivity contribution in [3.63, 3.8) is 0 Å². The van der Waals surface area contributed by atoms with Gasteiger partial charge in [0.15, 0.2) is 17.3 Å². The third-order valence-electron chi connectivity index (χ3n) is 5.29. The largest absolute Gasteiger partial charge is 0.493 e. The average Bonchev–Trinajstić information content (AvgIpc) is 3.28. The Morgan fingerprint density at radius 3 is 2.64 bits per heavy atom. The predicted molar refractivity (Wildman–Crippen MR) is 124 cm³/mol. The number of carbonyl (C=O) groups excluding carboxylic acids is 1. The number of pyridine rings is 1. The van der Waals surface area contributed by atoms with Gasteiger partial charge in [0.2, 0.25) is 5.78 Å². The maximum atomic E-state index is 13.3. The van der Waals surface area contributed by atoms with E-state index in [0.717, 1.165) is 17.7 Å². The van der Waals surface area contributed by atoms with Gasteiger partial charge in [-0.25, -0.2) is 4.98 Å². The fraction of sp³-hybridized carbons (Fsp3) is 0.200. The molecule has 2 aromatic heterocycles. The lowest BCUT2D eigenvalue weighted by atomic mass is 9.96. The third-order valence-corrected chi connectivity index (χ3v) is 5.29. The molecule has 2 heterocycles. The van der Waals surface area contributed by atoms with Gasteiger partial charge < -0.3 is 19.8 Å². The van der Waals surface area contributed by atoms with Gasteiger partial charge in [-0.15, -0.1) is 0 Å². The number of benzene rings is 2. The maximum absolute atomic E-state index is 13.3. The van der Waals surface area contributed by atoms with Crippen LogP contribution in [0.3, 0.4) is 0 Å².